The van der Waals surface area contributed by atoms with Gasteiger partial charge in [0.05, 0.1) is 22.9 Å². The third kappa shape index (κ3) is 4.66. The largest absolute Gasteiger partial charge is 0.395 e. The Bertz CT molecular complexity index is 1610. The standard InChI is InChI=1S/C32H32FN3O3S/c1-22-29-20-34-36(27-15-13-26(33)14-16-27)30(29)19-24-11-12-25(32(22)24)21-35(17-18-37)40(38,39)31-10-6-5-9-28(31)23-7-3-2-4-8-23/h2-10,13-16,19-20,22,25,34,37H,11-12,17-18,21H2,1H3/t22-,25?/m0/s1. The molecule has 2 atom stereocenters. The molecule has 6 rings (SSSR count). The van der Waals surface area contributed by atoms with Crippen LogP contribution in [0.2, 0.25) is 0 Å². The van der Waals surface area contributed by atoms with E-state index in [1.54, 1.807) is 24.3 Å². The zero-order valence-corrected chi connectivity index (χ0v) is 23.1. The second-order valence-corrected chi connectivity index (χ2v) is 12.4. The van der Waals surface area contributed by atoms with E-state index in [-0.39, 0.29) is 35.7 Å². The summed E-state index contributed by atoms with van der Waals surface area (Å²) in [5.74, 6) is -0.149. The van der Waals surface area contributed by atoms with Gasteiger partial charge in [-0.1, -0.05) is 61.0 Å². The van der Waals surface area contributed by atoms with Gasteiger partial charge in [-0.05, 0) is 66.3 Å². The van der Waals surface area contributed by atoms with E-state index in [0.717, 1.165) is 35.4 Å². The number of halogens is 1. The van der Waals surface area contributed by atoms with Gasteiger partial charge in [-0.3, -0.25) is 5.01 Å². The molecule has 0 saturated carbocycles. The van der Waals surface area contributed by atoms with Crippen molar-refractivity contribution in [3.8, 4) is 11.1 Å². The molecule has 0 spiro atoms. The summed E-state index contributed by atoms with van der Waals surface area (Å²) in [6.45, 7) is 2.24. The van der Waals surface area contributed by atoms with Crippen LogP contribution < -0.4 is 10.4 Å². The second kappa shape index (κ2) is 10.7. The van der Waals surface area contributed by atoms with Crippen LogP contribution in [0.25, 0.3) is 11.1 Å². The molecule has 2 aliphatic carbocycles. The molecule has 1 aliphatic heterocycles. The molecule has 0 fully saturated rings. The molecular weight excluding hydrogens is 525 g/mol. The van der Waals surface area contributed by atoms with E-state index < -0.39 is 10.0 Å². The summed E-state index contributed by atoms with van der Waals surface area (Å²) in [4.78, 5) is 0.248. The number of hydrazine groups is 1. The monoisotopic (exact) mass is 557 g/mol. The molecule has 1 heterocycles. The molecule has 206 valence electrons. The summed E-state index contributed by atoms with van der Waals surface area (Å²) in [5, 5.41) is 11.9. The third-order valence-corrected chi connectivity index (χ3v) is 10.1. The minimum Gasteiger partial charge on any atom is -0.395 e. The number of aliphatic hydroxyl groups excluding tert-OH is 1. The zero-order chi connectivity index (χ0) is 27.9. The number of nitrogens with one attached hydrogen (secondary N) is 1. The maximum absolute atomic E-state index is 14.1. The molecular formula is C32H32FN3O3S. The van der Waals surface area contributed by atoms with Crippen LogP contribution in [0.4, 0.5) is 10.1 Å². The van der Waals surface area contributed by atoms with Crippen molar-refractivity contribution in [3.05, 3.63) is 119 Å². The van der Waals surface area contributed by atoms with Crippen molar-refractivity contribution in [2.45, 2.75) is 24.7 Å². The lowest BCUT2D eigenvalue weighted by atomic mass is 9.80. The number of hydrogen-bond acceptors (Lipinski definition) is 5. The minimum atomic E-state index is -3.88. The van der Waals surface area contributed by atoms with Crippen LogP contribution in [0.1, 0.15) is 19.8 Å². The van der Waals surface area contributed by atoms with Crippen LogP contribution in [0.5, 0.6) is 0 Å². The van der Waals surface area contributed by atoms with Crippen LogP contribution in [-0.4, -0.2) is 37.5 Å². The minimum absolute atomic E-state index is 0.0304. The number of hydrogen-bond donors (Lipinski definition) is 2. The molecule has 3 aromatic rings. The average molecular weight is 558 g/mol. The van der Waals surface area contributed by atoms with Crippen LogP contribution in [0.3, 0.4) is 0 Å². The molecule has 0 bridgehead atoms. The van der Waals surface area contributed by atoms with Crippen LogP contribution in [0.15, 0.2) is 118 Å². The number of nitrogens with zero attached hydrogens (tertiary/aromatic N) is 2. The SMILES string of the molecule is C[C@H]1C2=CNN(c3ccc(F)cc3)C2=CC2=C1C(CN(CCO)S(=O)(=O)c1ccccc1-c1ccccc1)CC2. The van der Waals surface area contributed by atoms with Crippen molar-refractivity contribution in [2.24, 2.45) is 11.8 Å². The highest BCUT2D eigenvalue weighted by molar-refractivity contribution is 7.89. The Hall–Kier alpha value is -3.72. The summed E-state index contributed by atoms with van der Waals surface area (Å²) in [5.41, 5.74) is 10.3. The normalized spacial score (nSPS) is 20.2. The number of sulfonamides is 1. The Labute approximate surface area is 234 Å². The predicted molar refractivity (Wildman–Crippen MR) is 155 cm³/mol. The van der Waals surface area contributed by atoms with Gasteiger partial charge >= 0.3 is 0 Å². The molecule has 8 heteroatoms. The maximum Gasteiger partial charge on any atom is 0.243 e. The summed E-state index contributed by atoms with van der Waals surface area (Å²) in [7, 11) is -3.88. The number of aliphatic hydroxyl groups is 1. The summed E-state index contributed by atoms with van der Waals surface area (Å²) in [6, 6.07) is 23.0. The Morgan fingerprint density at radius 1 is 1.02 bits per heavy atom. The molecule has 0 amide bonds. The second-order valence-electron chi connectivity index (χ2n) is 10.5. The third-order valence-electron chi connectivity index (χ3n) is 8.15. The van der Waals surface area contributed by atoms with Crippen molar-refractivity contribution < 1.29 is 17.9 Å². The van der Waals surface area contributed by atoms with E-state index in [4.69, 9.17) is 0 Å². The molecule has 0 aromatic heterocycles. The fourth-order valence-corrected chi connectivity index (χ4v) is 7.95. The highest BCUT2D eigenvalue weighted by Gasteiger charge is 2.40. The van der Waals surface area contributed by atoms with Crippen molar-refractivity contribution >= 4 is 15.7 Å². The maximum atomic E-state index is 14.1. The lowest BCUT2D eigenvalue weighted by molar-refractivity contribution is 0.243. The molecule has 40 heavy (non-hydrogen) atoms. The fraction of sp³-hybridized carbons (Fsp3) is 0.250. The Morgan fingerprint density at radius 3 is 2.50 bits per heavy atom. The molecule has 0 radical (unpaired) electrons. The lowest BCUT2D eigenvalue weighted by Crippen LogP contribution is -2.38. The van der Waals surface area contributed by atoms with E-state index in [2.05, 4.69) is 18.4 Å². The van der Waals surface area contributed by atoms with E-state index in [0.29, 0.717) is 12.1 Å². The average Bonchev–Trinajstić information content (AvgIpc) is 3.59. The van der Waals surface area contributed by atoms with Crippen molar-refractivity contribution in [1.82, 2.24) is 9.73 Å². The van der Waals surface area contributed by atoms with E-state index in [1.165, 1.54) is 27.6 Å². The van der Waals surface area contributed by atoms with Gasteiger partial charge in [0.15, 0.2) is 0 Å². The van der Waals surface area contributed by atoms with Gasteiger partial charge in [0.25, 0.3) is 0 Å². The van der Waals surface area contributed by atoms with Crippen LogP contribution >= 0.6 is 0 Å². The van der Waals surface area contributed by atoms with Gasteiger partial charge in [-0.15, -0.1) is 0 Å². The zero-order valence-electron chi connectivity index (χ0n) is 22.3. The van der Waals surface area contributed by atoms with Crippen molar-refractivity contribution in [1.29, 1.82) is 0 Å². The van der Waals surface area contributed by atoms with Gasteiger partial charge in [-0.2, -0.15) is 4.31 Å². The number of benzene rings is 3. The van der Waals surface area contributed by atoms with Crippen molar-refractivity contribution in [3.63, 3.8) is 0 Å². The van der Waals surface area contributed by atoms with Crippen LogP contribution in [-0.2, 0) is 10.0 Å². The quantitative estimate of drug-likeness (QED) is 0.376. The molecule has 2 N–H and O–H groups in total. The number of anilines is 1. The van der Waals surface area contributed by atoms with Gasteiger partial charge in [0.1, 0.15) is 5.82 Å². The number of rotatable bonds is 8. The van der Waals surface area contributed by atoms with Gasteiger partial charge in [0, 0.05) is 36.3 Å². The Balaban J connectivity index is 1.31. The first-order chi connectivity index (χ1) is 19.4. The molecule has 3 aliphatic rings. The Kier molecular flexibility index (Phi) is 7.08. The molecule has 6 nitrogen and oxygen atoms in total. The first-order valence-corrected chi connectivity index (χ1v) is 15.0. The van der Waals surface area contributed by atoms with Gasteiger partial charge in [0.2, 0.25) is 10.0 Å². The van der Waals surface area contributed by atoms with Gasteiger partial charge < -0.3 is 10.5 Å². The fourth-order valence-electron chi connectivity index (χ4n) is 6.26. The molecule has 1 unspecified atom stereocenters. The lowest BCUT2D eigenvalue weighted by Gasteiger charge is -2.32. The topological polar surface area (TPSA) is 72.9 Å². The van der Waals surface area contributed by atoms with Gasteiger partial charge in [-0.25, -0.2) is 12.8 Å². The smallest absolute Gasteiger partial charge is 0.243 e. The first-order valence-electron chi connectivity index (χ1n) is 13.6. The summed E-state index contributed by atoms with van der Waals surface area (Å²) < 4.78 is 43.1. The highest BCUT2D eigenvalue weighted by Crippen LogP contribution is 2.48. The van der Waals surface area contributed by atoms with E-state index >= 15 is 0 Å². The molecule has 0 saturated heterocycles. The highest BCUT2D eigenvalue weighted by atomic mass is 32.2. The van der Waals surface area contributed by atoms with Crippen LogP contribution in [0, 0.1) is 17.7 Å². The first kappa shape index (κ1) is 26.5. The van der Waals surface area contributed by atoms with E-state index in [9.17, 15) is 17.9 Å². The Morgan fingerprint density at radius 2 is 1.75 bits per heavy atom. The summed E-state index contributed by atoms with van der Waals surface area (Å²) >= 11 is 0. The summed E-state index contributed by atoms with van der Waals surface area (Å²) in [6.07, 6.45) is 5.86. The van der Waals surface area contributed by atoms with Crippen molar-refractivity contribution in [2.75, 3.05) is 24.7 Å². The predicted octanol–water partition coefficient (Wildman–Crippen LogP) is 5.62. The number of allylic oxidation sites excluding steroid dienone is 3. The molecule has 3 aromatic carbocycles. The van der Waals surface area contributed by atoms with E-state index in [1.807, 2.05) is 53.7 Å². The number of fused-ring (bicyclic) bond motifs is 1.